The zero-order valence-corrected chi connectivity index (χ0v) is 8.54. The van der Waals surface area contributed by atoms with Crippen molar-refractivity contribution >= 4 is 28.2 Å². The number of anilines is 2. The van der Waals surface area contributed by atoms with Crippen LogP contribution in [-0.4, -0.2) is 21.2 Å². The molecule has 0 fully saturated rings. The van der Waals surface area contributed by atoms with Crippen LogP contribution in [0.1, 0.15) is 16.2 Å². The lowest BCUT2D eigenvalue weighted by atomic mass is 10.4. The summed E-state index contributed by atoms with van der Waals surface area (Å²) < 4.78 is 4.31. The van der Waals surface area contributed by atoms with Gasteiger partial charge in [0.15, 0.2) is 5.13 Å². The van der Waals surface area contributed by atoms with Gasteiger partial charge in [0.2, 0.25) is 11.5 Å². The van der Waals surface area contributed by atoms with Crippen molar-refractivity contribution in [2.24, 2.45) is 0 Å². The van der Waals surface area contributed by atoms with E-state index in [0.717, 1.165) is 5.69 Å². The predicted molar refractivity (Wildman–Crippen MR) is 53.5 cm³/mol. The second-order valence-electron chi connectivity index (χ2n) is 2.75. The number of carbonyl (C=O) groups excluding carboxylic acids is 1. The second-order valence-corrected chi connectivity index (χ2v) is 3.60. The summed E-state index contributed by atoms with van der Waals surface area (Å²) in [6, 6.07) is 0. The first-order valence-corrected chi connectivity index (χ1v) is 4.86. The molecular weight excluding hydrogens is 218 g/mol. The second kappa shape index (κ2) is 3.65. The Morgan fingerprint density at radius 1 is 1.60 bits per heavy atom. The van der Waals surface area contributed by atoms with Crippen molar-refractivity contribution in [1.82, 2.24) is 15.3 Å². The molecule has 0 atom stereocenters. The molecule has 2 aromatic heterocycles. The Kier molecular flexibility index (Phi) is 2.34. The smallest absolute Gasteiger partial charge is 0.283 e. The Balaban J connectivity index is 2.14. The summed E-state index contributed by atoms with van der Waals surface area (Å²) >= 11 is 1.32. The van der Waals surface area contributed by atoms with Crippen molar-refractivity contribution in [3.63, 3.8) is 0 Å². The van der Waals surface area contributed by atoms with Crippen LogP contribution < -0.4 is 11.1 Å². The highest BCUT2D eigenvalue weighted by atomic mass is 32.1. The van der Waals surface area contributed by atoms with Gasteiger partial charge in [-0.1, -0.05) is 0 Å². The molecule has 15 heavy (non-hydrogen) atoms. The van der Waals surface area contributed by atoms with Crippen LogP contribution in [0.5, 0.6) is 0 Å². The molecule has 8 heteroatoms. The van der Waals surface area contributed by atoms with Crippen LogP contribution in [0, 0.1) is 6.92 Å². The van der Waals surface area contributed by atoms with Gasteiger partial charge in [0.05, 0.1) is 5.69 Å². The van der Waals surface area contributed by atoms with E-state index in [9.17, 15) is 4.79 Å². The average Bonchev–Trinajstić information content (AvgIpc) is 2.75. The normalized spacial score (nSPS) is 10.2. The van der Waals surface area contributed by atoms with Crippen LogP contribution in [0.15, 0.2) is 10.0 Å². The molecule has 0 saturated heterocycles. The van der Waals surface area contributed by atoms with Gasteiger partial charge < -0.3 is 5.73 Å². The molecule has 2 rings (SSSR count). The van der Waals surface area contributed by atoms with E-state index in [1.165, 1.54) is 11.3 Å². The van der Waals surface area contributed by atoms with Crippen molar-refractivity contribution in [2.75, 3.05) is 11.1 Å². The first kappa shape index (κ1) is 9.59. The molecule has 2 heterocycles. The summed E-state index contributed by atoms with van der Waals surface area (Å²) in [6.07, 6.45) is 0. The largest absolute Gasteiger partial charge is 0.379 e. The minimum absolute atomic E-state index is 0.0390. The summed E-state index contributed by atoms with van der Waals surface area (Å²) in [5.41, 5.74) is 6.15. The lowest BCUT2D eigenvalue weighted by Crippen LogP contribution is -2.14. The minimum Gasteiger partial charge on any atom is -0.379 e. The lowest BCUT2D eigenvalue weighted by Gasteiger charge is -1.96. The summed E-state index contributed by atoms with van der Waals surface area (Å²) in [4.78, 5) is 15.6. The van der Waals surface area contributed by atoms with Crippen LogP contribution in [0.4, 0.5) is 10.9 Å². The number of nitrogens with zero attached hydrogens (tertiary/aromatic N) is 3. The Bertz CT molecular complexity index is 491. The van der Waals surface area contributed by atoms with Crippen LogP contribution in [0.3, 0.4) is 0 Å². The third kappa shape index (κ3) is 1.94. The number of nitrogens with two attached hydrogens (primary N) is 1. The number of aryl methyl sites for hydroxylation is 1. The van der Waals surface area contributed by atoms with E-state index in [2.05, 4.69) is 25.2 Å². The van der Waals surface area contributed by atoms with E-state index in [4.69, 9.17) is 5.73 Å². The molecule has 1 amide bonds. The highest BCUT2D eigenvalue weighted by Crippen LogP contribution is 2.16. The van der Waals surface area contributed by atoms with Gasteiger partial charge in [0.25, 0.3) is 5.91 Å². The number of nitrogen functional groups attached to an aromatic ring is 1. The first-order valence-electron chi connectivity index (χ1n) is 3.98. The highest BCUT2D eigenvalue weighted by Gasteiger charge is 2.16. The first-order chi connectivity index (χ1) is 7.16. The highest BCUT2D eigenvalue weighted by molar-refractivity contribution is 7.13. The number of thiazole rings is 1. The molecule has 0 aliphatic carbocycles. The van der Waals surface area contributed by atoms with Crippen molar-refractivity contribution in [2.45, 2.75) is 6.92 Å². The summed E-state index contributed by atoms with van der Waals surface area (Å²) in [7, 11) is 0. The molecule has 0 radical (unpaired) electrons. The van der Waals surface area contributed by atoms with Gasteiger partial charge in [0.1, 0.15) is 0 Å². The maximum absolute atomic E-state index is 11.5. The Hall–Kier alpha value is -1.96. The molecule has 0 bridgehead atoms. The number of rotatable bonds is 2. The third-order valence-electron chi connectivity index (χ3n) is 1.57. The SMILES string of the molecule is Cc1csc(NC(=O)c2nonc2N)n1. The van der Waals surface area contributed by atoms with Gasteiger partial charge in [-0.05, 0) is 17.2 Å². The topological polar surface area (TPSA) is 107 Å². The standard InChI is InChI=1S/C7H7N5O2S/c1-3-2-15-7(9-3)10-6(13)4-5(8)12-14-11-4/h2H,1H3,(H2,8,12)(H,9,10,13). The number of hydrogen-bond acceptors (Lipinski definition) is 7. The van der Waals surface area contributed by atoms with Gasteiger partial charge in [0, 0.05) is 5.38 Å². The van der Waals surface area contributed by atoms with E-state index >= 15 is 0 Å². The molecule has 3 N–H and O–H groups in total. The molecule has 0 aliphatic heterocycles. The Morgan fingerprint density at radius 2 is 2.40 bits per heavy atom. The molecule has 0 aromatic carbocycles. The zero-order valence-electron chi connectivity index (χ0n) is 7.72. The molecule has 0 aliphatic rings. The predicted octanol–water partition coefficient (Wildman–Crippen LogP) is 0.669. The van der Waals surface area contributed by atoms with E-state index < -0.39 is 5.91 Å². The third-order valence-corrected chi connectivity index (χ3v) is 2.44. The van der Waals surface area contributed by atoms with Gasteiger partial charge in [-0.15, -0.1) is 11.3 Å². The van der Waals surface area contributed by atoms with Crippen LogP contribution >= 0.6 is 11.3 Å². The molecule has 7 nitrogen and oxygen atoms in total. The van der Waals surface area contributed by atoms with Crippen molar-refractivity contribution < 1.29 is 9.42 Å². The zero-order chi connectivity index (χ0) is 10.8. The van der Waals surface area contributed by atoms with Crippen molar-refractivity contribution in [3.8, 4) is 0 Å². The minimum atomic E-state index is -0.483. The quantitative estimate of drug-likeness (QED) is 0.777. The fourth-order valence-electron chi connectivity index (χ4n) is 0.921. The van der Waals surface area contributed by atoms with Crippen molar-refractivity contribution in [1.29, 1.82) is 0 Å². The molecule has 2 aromatic rings. The molecule has 0 unspecified atom stereocenters. The van der Waals surface area contributed by atoms with E-state index in [0.29, 0.717) is 5.13 Å². The summed E-state index contributed by atoms with van der Waals surface area (Å²) in [6.45, 7) is 1.83. The fourth-order valence-corrected chi connectivity index (χ4v) is 1.60. The number of aromatic nitrogens is 3. The maximum atomic E-state index is 11.5. The van der Waals surface area contributed by atoms with Crippen LogP contribution in [0.25, 0.3) is 0 Å². The van der Waals surface area contributed by atoms with E-state index in [-0.39, 0.29) is 11.5 Å². The maximum Gasteiger partial charge on any atom is 0.283 e. The van der Waals surface area contributed by atoms with Gasteiger partial charge in [-0.25, -0.2) is 9.61 Å². The molecular formula is C7H7N5O2S. The van der Waals surface area contributed by atoms with Crippen LogP contribution in [0.2, 0.25) is 0 Å². The van der Waals surface area contributed by atoms with Gasteiger partial charge in [-0.2, -0.15) is 0 Å². The average molecular weight is 225 g/mol. The van der Waals surface area contributed by atoms with Gasteiger partial charge in [-0.3, -0.25) is 10.1 Å². The Labute approximate surface area is 88.3 Å². The summed E-state index contributed by atoms with van der Waals surface area (Å²) in [5, 5.41) is 11.5. The fraction of sp³-hybridized carbons (Fsp3) is 0.143. The number of nitrogens with one attached hydrogen (secondary N) is 1. The lowest BCUT2D eigenvalue weighted by molar-refractivity contribution is 0.101. The number of amides is 1. The summed E-state index contributed by atoms with van der Waals surface area (Å²) in [5.74, 6) is -0.524. The van der Waals surface area contributed by atoms with E-state index in [1.807, 2.05) is 12.3 Å². The van der Waals surface area contributed by atoms with E-state index in [1.54, 1.807) is 0 Å². The number of carbonyl (C=O) groups is 1. The number of hydrogen-bond donors (Lipinski definition) is 2. The molecule has 0 spiro atoms. The monoisotopic (exact) mass is 225 g/mol. The van der Waals surface area contributed by atoms with Gasteiger partial charge >= 0.3 is 0 Å². The molecule has 78 valence electrons. The van der Waals surface area contributed by atoms with Crippen molar-refractivity contribution in [3.05, 3.63) is 16.8 Å². The van der Waals surface area contributed by atoms with Crippen LogP contribution in [-0.2, 0) is 0 Å². The Morgan fingerprint density at radius 3 is 2.93 bits per heavy atom. The molecule has 0 saturated carbocycles.